The molecule has 0 heterocycles. The standard InChI is InChI=1S/C7H15N/c1-3-4-7(2)5-6-8/h6-8H,3-5H2,1-2H3/t7-/m0/s1. The summed E-state index contributed by atoms with van der Waals surface area (Å²) in [5.41, 5.74) is 0. The Morgan fingerprint density at radius 2 is 2.25 bits per heavy atom. The first kappa shape index (κ1) is 7.67. The van der Waals surface area contributed by atoms with Crippen LogP contribution in [0.4, 0.5) is 0 Å². The van der Waals surface area contributed by atoms with Gasteiger partial charge in [-0.15, -0.1) is 0 Å². The maximum Gasteiger partial charge on any atom is -0.00451 e. The van der Waals surface area contributed by atoms with Crippen molar-refractivity contribution in [3.8, 4) is 0 Å². The highest BCUT2D eigenvalue weighted by Gasteiger charge is 1.94. The smallest absolute Gasteiger partial charge is 0.00451 e. The van der Waals surface area contributed by atoms with E-state index in [4.69, 9.17) is 5.41 Å². The van der Waals surface area contributed by atoms with Crippen LogP contribution in [0.15, 0.2) is 0 Å². The van der Waals surface area contributed by atoms with Crippen LogP contribution in [0.1, 0.15) is 33.1 Å². The van der Waals surface area contributed by atoms with Crippen LogP contribution in [0.5, 0.6) is 0 Å². The maximum atomic E-state index is 6.79. The molecule has 8 heavy (non-hydrogen) atoms. The fourth-order valence-electron chi connectivity index (χ4n) is 0.812. The highest BCUT2D eigenvalue weighted by Crippen LogP contribution is 2.06. The van der Waals surface area contributed by atoms with Gasteiger partial charge in [-0.1, -0.05) is 26.7 Å². The van der Waals surface area contributed by atoms with E-state index in [0.717, 1.165) is 12.3 Å². The lowest BCUT2D eigenvalue weighted by Crippen LogP contribution is -1.92. The Kier molecular flexibility index (Phi) is 4.62. The Morgan fingerprint density at radius 1 is 1.62 bits per heavy atom. The second-order valence-corrected chi connectivity index (χ2v) is 2.33. The summed E-state index contributed by atoms with van der Waals surface area (Å²) in [7, 11) is 0. The zero-order valence-electron chi connectivity index (χ0n) is 5.78. The van der Waals surface area contributed by atoms with Crippen LogP contribution in [0.3, 0.4) is 0 Å². The molecule has 0 bridgehead atoms. The second-order valence-electron chi connectivity index (χ2n) is 2.33. The summed E-state index contributed by atoms with van der Waals surface area (Å²) in [6.07, 6.45) is 4.96. The van der Waals surface area contributed by atoms with E-state index in [-0.39, 0.29) is 0 Å². The molecule has 1 N–H and O–H groups in total. The monoisotopic (exact) mass is 113 g/mol. The fourth-order valence-corrected chi connectivity index (χ4v) is 0.812. The van der Waals surface area contributed by atoms with Crippen molar-refractivity contribution >= 4 is 6.21 Å². The molecule has 0 unspecified atom stereocenters. The van der Waals surface area contributed by atoms with Gasteiger partial charge in [-0.2, -0.15) is 0 Å². The van der Waals surface area contributed by atoms with Crippen LogP contribution in [-0.2, 0) is 0 Å². The van der Waals surface area contributed by atoms with Gasteiger partial charge in [-0.3, -0.25) is 0 Å². The van der Waals surface area contributed by atoms with Gasteiger partial charge in [0.15, 0.2) is 0 Å². The average molecular weight is 113 g/mol. The molecule has 0 aliphatic carbocycles. The summed E-state index contributed by atoms with van der Waals surface area (Å²) < 4.78 is 0. The van der Waals surface area contributed by atoms with Gasteiger partial charge in [0.05, 0.1) is 0 Å². The summed E-state index contributed by atoms with van der Waals surface area (Å²) in [6, 6.07) is 0. The first-order chi connectivity index (χ1) is 3.81. The van der Waals surface area contributed by atoms with Crippen molar-refractivity contribution in [2.24, 2.45) is 5.92 Å². The van der Waals surface area contributed by atoms with Gasteiger partial charge in [-0.05, 0) is 18.6 Å². The topological polar surface area (TPSA) is 23.9 Å². The van der Waals surface area contributed by atoms with Crippen molar-refractivity contribution < 1.29 is 0 Å². The molecule has 1 heteroatoms. The molecule has 1 atom stereocenters. The van der Waals surface area contributed by atoms with E-state index in [1.54, 1.807) is 0 Å². The third-order valence-corrected chi connectivity index (χ3v) is 1.30. The molecule has 0 fully saturated rings. The zero-order chi connectivity index (χ0) is 6.41. The molecule has 0 saturated heterocycles. The van der Waals surface area contributed by atoms with E-state index in [1.165, 1.54) is 19.1 Å². The van der Waals surface area contributed by atoms with Gasteiger partial charge >= 0.3 is 0 Å². The summed E-state index contributed by atoms with van der Waals surface area (Å²) in [5, 5.41) is 6.79. The summed E-state index contributed by atoms with van der Waals surface area (Å²) in [5.74, 6) is 0.720. The van der Waals surface area contributed by atoms with Crippen LogP contribution in [-0.4, -0.2) is 6.21 Å². The first-order valence-corrected chi connectivity index (χ1v) is 3.30. The van der Waals surface area contributed by atoms with Crippen molar-refractivity contribution in [2.75, 3.05) is 0 Å². The Bertz CT molecular complexity index is 59.4. The van der Waals surface area contributed by atoms with Gasteiger partial charge in [-0.25, -0.2) is 0 Å². The van der Waals surface area contributed by atoms with Crippen molar-refractivity contribution in [1.29, 1.82) is 5.41 Å². The van der Waals surface area contributed by atoms with Crippen LogP contribution in [0.25, 0.3) is 0 Å². The number of nitrogens with one attached hydrogen (secondary N) is 1. The second kappa shape index (κ2) is 4.82. The Balaban J connectivity index is 3.03. The van der Waals surface area contributed by atoms with Crippen molar-refractivity contribution in [3.63, 3.8) is 0 Å². The molecule has 0 amide bonds. The molecule has 0 spiro atoms. The lowest BCUT2D eigenvalue weighted by molar-refractivity contribution is 0.547. The van der Waals surface area contributed by atoms with Crippen molar-refractivity contribution in [1.82, 2.24) is 0 Å². The molecule has 0 aliphatic heterocycles. The van der Waals surface area contributed by atoms with Crippen LogP contribution in [0.2, 0.25) is 0 Å². The van der Waals surface area contributed by atoms with E-state index in [2.05, 4.69) is 13.8 Å². The SMILES string of the molecule is CCC[C@H](C)CC=N. The number of rotatable bonds is 4. The molecule has 0 aromatic carbocycles. The average Bonchev–Trinajstić information content (AvgIpc) is 1.68. The van der Waals surface area contributed by atoms with Gasteiger partial charge in [0.2, 0.25) is 0 Å². The van der Waals surface area contributed by atoms with Crippen molar-refractivity contribution in [2.45, 2.75) is 33.1 Å². The lowest BCUT2D eigenvalue weighted by atomic mass is 10.0. The zero-order valence-corrected chi connectivity index (χ0v) is 5.78. The van der Waals surface area contributed by atoms with Crippen LogP contribution in [0, 0.1) is 11.3 Å². The molecule has 0 radical (unpaired) electrons. The molecule has 48 valence electrons. The minimum Gasteiger partial charge on any atom is -0.313 e. The van der Waals surface area contributed by atoms with E-state index in [1.807, 2.05) is 0 Å². The highest BCUT2D eigenvalue weighted by atomic mass is 14.3. The van der Waals surface area contributed by atoms with E-state index in [9.17, 15) is 0 Å². The highest BCUT2D eigenvalue weighted by molar-refractivity contribution is 5.52. The number of hydrogen-bond acceptors (Lipinski definition) is 1. The summed E-state index contributed by atoms with van der Waals surface area (Å²) in [6.45, 7) is 4.37. The van der Waals surface area contributed by atoms with Gasteiger partial charge in [0.25, 0.3) is 0 Å². The molecule has 0 aromatic rings. The van der Waals surface area contributed by atoms with Gasteiger partial charge in [0.1, 0.15) is 0 Å². The Hall–Kier alpha value is -0.330. The van der Waals surface area contributed by atoms with Crippen LogP contribution < -0.4 is 0 Å². The lowest BCUT2D eigenvalue weighted by Gasteiger charge is -2.02. The van der Waals surface area contributed by atoms with Crippen molar-refractivity contribution in [3.05, 3.63) is 0 Å². The largest absolute Gasteiger partial charge is 0.313 e. The number of hydrogen-bond donors (Lipinski definition) is 1. The van der Waals surface area contributed by atoms with E-state index < -0.39 is 0 Å². The van der Waals surface area contributed by atoms with Gasteiger partial charge in [0, 0.05) is 0 Å². The third-order valence-electron chi connectivity index (χ3n) is 1.30. The van der Waals surface area contributed by atoms with Crippen LogP contribution >= 0.6 is 0 Å². The minimum absolute atomic E-state index is 0.720. The van der Waals surface area contributed by atoms with E-state index >= 15 is 0 Å². The molecule has 0 rings (SSSR count). The predicted molar refractivity (Wildman–Crippen MR) is 37.5 cm³/mol. The molecular weight excluding hydrogens is 98.1 g/mol. The predicted octanol–water partition coefficient (Wildman–Crippen LogP) is 2.46. The maximum absolute atomic E-state index is 6.79. The third kappa shape index (κ3) is 3.85. The molecule has 0 saturated carbocycles. The normalized spacial score (nSPS) is 13.2. The van der Waals surface area contributed by atoms with Gasteiger partial charge < -0.3 is 5.41 Å². The Morgan fingerprint density at radius 3 is 2.62 bits per heavy atom. The van der Waals surface area contributed by atoms with E-state index in [0.29, 0.717) is 0 Å². The summed E-state index contributed by atoms with van der Waals surface area (Å²) >= 11 is 0. The first-order valence-electron chi connectivity index (χ1n) is 3.30. The summed E-state index contributed by atoms with van der Waals surface area (Å²) in [4.78, 5) is 0. The quantitative estimate of drug-likeness (QED) is 0.541. The minimum atomic E-state index is 0.720. The fraction of sp³-hybridized carbons (Fsp3) is 0.857. The molecule has 1 nitrogen and oxygen atoms in total. The Labute approximate surface area is 51.6 Å². The molecule has 0 aromatic heterocycles. The molecular formula is C7H15N. The molecule has 0 aliphatic rings.